The van der Waals surface area contributed by atoms with E-state index in [0.717, 1.165) is 35.7 Å². The van der Waals surface area contributed by atoms with Crippen LogP contribution in [0.3, 0.4) is 0 Å². The molecular weight excluding hydrogens is 236 g/mol. The Bertz CT molecular complexity index is 603. The molecule has 0 bridgehead atoms. The molecule has 2 atom stereocenters. The molecule has 3 N–H and O–H groups in total. The van der Waals surface area contributed by atoms with Gasteiger partial charge in [-0.15, -0.1) is 0 Å². The molecule has 0 aliphatic heterocycles. The average molecular weight is 254 g/mol. The maximum Gasteiger partial charge on any atom is 0.227 e. The van der Waals surface area contributed by atoms with Crippen LogP contribution >= 0.6 is 0 Å². The van der Waals surface area contributed by atoms with Gasteiger partial charge in [-0.1, -0.05) is 36.4 Å². The third-order valence-electron chi connectivity index (χ3n) is 3.89. The molecule has 0 aromatic heterocycles. The molecule has 19 heavy (non-hydrogen) atoms. The molecule has 2 aromatic rings. The van der Waals surface area contributed by atoms with Crippen molar-refractivity contribution in [1.29, 1.82) is 0 Å². The zero-order chi connectivity index (χ0) is 13.2. The van der Waals surface area contributed by atoms with Crippen LogP contribution in [0.1, 0.15) is 19.3 Å². The van der Waals surface area contributed by atoms with Gasteiger partial charge in [-0.3, -0.25) is 4.79 Å². The Morgan fingerprint density at radius 2 is 1.89 bits per heavy atom. The molecule has 1 aliphatic carbocycles. The van der Waals surface area contributed by atoms with Crippen molar-refractivity contribution in [3.63, 3.8) is 0 Å². The van der Waals surface area contributed by atoms with Crippen molar-refractivity contribution in [2.75, 3.05) is 5.32 Å². The molecule has 1 fully saturated rings. The van der Waals surface area contributed by atoms with Gasteiger partial charge in [0, 0.05) is 23.0 Å². The summed E-state index contributed by atoms with van der Waals surface area (Å²) in [5.41, 5.74) is 6.76. The Morgan fingerprint density at radius 1 is 1.11 bits per heavy atom. The number of amides is 1. The van der Waals surface area contributed by atoms with Gasteiger partial charge in [-0.2, -0.15) is 0 Å². The summed E-state index contributed by atoms with van der Waals surface area (Å²) in [5.74, 6) is 0.165. The zero-order valence-corrected chi connectivity index (χ0v) is 10.8. The van der Waals surface area contributed by atoms with Crippen molar-refractivity contribution in [1.82, 2.24) is 0 Å². The first-order chi connectivity index (χ1) is 9.24. The van der Waals surface area contributed by atoms with Gasteiger partial charge < -0.3 is 11.1 Å². The molecule has 98 valence electrons. The molecule has 1 amide bonds. The van der Waals surface area contributed by atoms with E-state index in [2.05, 4.69) is 17.4 Å². The minimum atomic E-state index is 0.0639. The summed E-state index contributed by atoms with van der Waals surface area (Å²) < 4.78 is 0. The molecule has 0 spiro atoms. The van der Waals surface area contributed by atoms with E-state index in [1.54, 1.807) is 0 Å². The molecular formula is C16H18N2O. The lowest BCUT2D eigenvalue weighted by Gasteiger charge is -2.12. The topological polar surface area (TPSA) is 55.1 Å². The Labute approximate surface area is 112 Å². The fourth-order valence-electron chi connectivity index (χ4n) is 2.82. The van der Waals surface area contributed by atoms with Crippen molar-refractivity contribution in [3.8, 4) is 0 Å². The van der Waals surface area contributed by atoms with E-state index >= 15 is 0 Å². The monoisotopic (exact) mass is 254 g/mol. The summed E-state index contributed by atoms with van der Waals surface area (Å²) in [6, 6.07) is 14.2. The van der Waals surface area contributed by atoms with Crippen molar-refractivity contribution in [3.05, 3.63) is 42.5 Å². The quantitative estimate of drug-likeness (QED) is 0.865. The number of hydrogen-bond acceptors (Lipinski definition) is 2. The largest absolute Gasteiger partial charge is 0.328 e. The maximum atomic E-state index is 12.2. The molecule has 1 saturated carbocycles. The number of anilines is 1. The van der Waals surface area contributed by atoms with Crippen LogP contribution in [0.4, 0.5) is 5.69 Å². The molecule has 2 aromatic carbocycles. The first kappa shape index (κ1) is 12.2. The molecule has 0 saturated heterocycles. The summed E-state index contributed by atoms with van der Waals surface area (Å²) in [4.78, 5) is 12.2. The number of carbonyl (C=O) groups is 1. The van der Waals surface area contributed by atoms with Crippen molar-refractivity contribution in [2.24, 2.45) is 11.7 Å². The summed E-state index contributed by atoms with van der Waals surface area (Å²) >= 11 is 0. The van der Waals surface area contributed by atoms with Crippen LogP contribution in [0, 0.1) is 5.92 Å². The highest BCUT2D eigenvalue weighted by Crippen LogP contribution is 2.28. The van der Waals surface area contributed by atoms with Gasteiger partial charge in [0.15, 0.2) is 0 Å². The molecule has 0 heterocycles. The number of hydrogen-bond donors (Lipinski definition) is 2. The van der Waals surface area contributed by atoms with E-state index < -0.39 is 0 Å². The normalized spacial score (nSPS) is 22.6. The fourth-order valence-corrected chi connectivity index (χ4v) is 2.82. The van der Waals surface area contributed by atoms with Crippen LogP contribution < -0.4 is 11.1 Å². The molecule has 2 unspecified atom stereocenters. The molecule has 3 heteroatoms. The highest BCUT2D eigenvalue weighted by atomic mass is 16.1. The van der Waals surface area contributed by atoms with E-state index in [1.807, 2.05) is 30.3 Å². The third kappa shape index (κ3) is 2.47. The zero-order valence-electron chi connectivity index (χ0n) is 10.8. The van der Waals surface area contributed by atoms with Crippen LogP contribution in [-0.2, 0) is 4.79 Å². The minimum Gasteiger partial charge on any atom is -0.328 e. The van der Waals surface area contributed by atoms with Gasteiger partial charge in [0.05, 0.1) is 0 Å². The van der Waals surface area contributed by atoms with Crippen LogP contribution in [0.2, 0.25) is 0 Å². The third-order valence-corrected chi connectivity index (χ3v) is 3.89. The summed E-state index contributed by atoms with van der Waals surface area (Å²) in [5, 5.41) is 5.28. The van der Waals surface area contributed by atoms with Crippen LogP contribution in [0.25, 0.3) is 10.8 Å². The lowest BCUT2D eigenvalue weighted by molar-refractivity contribution is -0.119. The van der Waals surface area contributed by atoms with Crippen LogP contribution in [0.15, 0.2) is 42.5 Å². The van der Waals surface area contributed by atoms with Gasteiger partial charge >= 0.3 is 0 Å². The predicted octanol–water partition coefficient (Wildman–Crippen LogP) is 2.91. The van der Waals surface area contributed by atoms with Crippen molar-refractivity contribution < 1.29 is 4.79 Å². The van der Waals surface area contributed by atoms with Crippen molar-refractivity contribution in [2.45, 2.75) is 25.3 Å². The minimum absolute atomic E-state index is 0.0639. The highest BCUT2D eigenvalue weighted by molar-refractivity contribution is 6.02. The second-order valence-corrected chi connectivity index (χ2v) is 5.29. The van der Waals surface area contributed by atoms with Crippen LogP contribution in [0.5, 0.6) is 0 Å². The van der Waals surface area contributed by atoms with Gasteiger partial charge in [0.1, 0.15) is 0 Å². The van der Waals surface area contributed by atoms with Crippen LogP contribution in [-0.4, -0.2) is 11.9 Å². The highest BCUT2D eigenvalue weighted by Gasteiger charge is 2.27. The number of carbonyl (C=O) groups excluding carboxylic acids is 1. The molecule has 1 aliphatic rings. The summed E-state index contributed by atoms with van der Waals surface area (Å²) in [6.45, 7) is 0. The molecule has 3 rings (SSSR count). The smallest absolute Gasteiger partial charge is 0.227 e. The van der Waals surface area contributed by atoms with Gasteiger partial charge in [0.25, 0.3) is 0 Å². The number of rotatable bonds is 2. The maximum absolute atomic E-state index is 12.2. The second-order valence-electron chi connectivity index (χ2n) is 5.29. The average Bonchev–Trinajstić information content (AvgIpc) is 2.86. The first-order valence-electron chi connectivity index (χ1n) is 6.78. The summed E-state index contributed by atoms with van der Waals surface area (Å²) in [7, 11) is 0. The van der Waals surface area contributed by atoms with Gasteiger partial charge in [-0.25, -0.2) is 0 Å². The number of nitrogens with one attached hydrogen (secondary N) is 1. The number of nitrogens with two attached hydrogens (primary N) is 1. The number of fused-ring (bicyclic) bond motifs is 1. The van der Waals surface area contributed by atoms with E-state index in [0.29, 0.717) is 0 Å². The second kappa shape index (κ2) is 5.02. The Balaban J connectivity index is 1.83. The first-order valence-corrected chi connectivity index (χ1v) is 6.78. The predicted molar refractivity (Wildman–Crippen MR) is 77.9 cm³/mol. The standard InChI is InChI=1S/C16H18N2O/c17-13-9-8-12(10-13)16(19)18-15-7-3-5-11-4-1-2-6-14(11)15/h1-7,12-13H,8-10,17H2,(H,18,19). The van der Waals surface area contributed by atoms with E-state index in [9.17, 15) is 4.79 Å². The lowest BCUT2D eigenvalue weighted by atomic mass is 10.1. The summed E-state index contributed by atoms with van der Waals surface area (Å²) in [6.07, 6.45) is 2.65. The number of benzene rings is 2. The Kier molecular flexibility index (Phi) is 3.22. The van der Waals surface area contributed by atoms with E-state index in [4.69, 9.17) is 5.73 Å². The van der Waals surface area contributed by atoms with E-state index in [1.165, 1.54) is 0 Å². The van der Waals surface area contributed by atoms with E-state index in [-0.39, 0.29) is 17.9 Å². The SMILES string of the molecule is NC1CCC(C(=O)Nc2cccc3ccccc23)C1. The van der Waals surface area contributed by atoms with Gasteiger partial charge in [-0.05, 0) is 30.7 Å². The Morgan fingerprint density at radius 3 is 2.68 bits per heavy atom. The fraction of sp³-hybridized carbons (Fsp3) is 0.312. The molecule has 3 nitrogen and oxygen atoms in total. The Hall–Kier alpha value is -1.87. The molecule has 0 radical (unpaired) electrons. The lowest BCUT2D eigenvalue weighted by Crippen LogP contribution is -2.23. The van der Waals surface area contributed by atoms with Gasteiger partial charge in [0.2, 0.25) is 5.91 Å². The van der Waals surface area contributed by atoms with Crippen molar-refractivity contribution >= 4 is 22.4 Å².